The Morgan fingerprint density at radius 1 is 1.10 bits per heavy atom. The SMILES string of the molecule is COc1cc(Cc2nc3cccc(N4CCCC4)n3n2)ccc1-n1cnc(C)c1. The summed E-state index contributed by atoms with van der Waals surface area (Å²) in [6, 6.07) is 12.4. The molecule has 1 aromatic carbocycles. The van der Waals surface area contributed by atoms with Gasteiger partial charge >= 0.3 is 0 Å². The highest BCUT2D eigenvalue weighted by molar-refractivity contribution is 5.52. The van der Waals surface area contributed by atoms with Gasteiger partial charge in [0.25, 0.3) is 0 Å². The molecule has 1 fully saturated rings. The number of benzene rings is 1. The summed E-state index contributed by atoms with van der Waals surface area (Å²) >= 11 is 0. The third-order valence-electron chi connectivity index (χ3n) is 5.41. The lowest BCUT2D eigenvalue weighted by Gasteiger charge is -2.17. The summed E-state index contributed by atoms with van der Waals surface area (Å²) < 4.78 is 9.58. The van der Waals surface area contributed by atoms with Crippen LogP contribution in [0.5, 0.6) is 5.75 Å². The number of aryl methyl sites for hydroxylation is 1. The Morgan fingerprint density at radius 2 is 1.97 bits per heavy atom. The van der Waals surface area contributed by atoms with E-state index in [0.717, 1.165) is 53.1 Å². The van der Waals surface area contributed by atoms with Gasteiger partial charge in [0.05, 0.1) is 24.8 Å². The maximum absolute atomic E-state index is 5.63. The van der Waals surface area contributed by atoms with Crippen LogP contribution in [-0.4, -0.2) is 44.3 Å². The van der Waals surface area contributed by atoms with Crippen molar-refractivity contribution >= 4 is 11.5 Å². The number of ether oxygens (including phenoxy) is 1. The van der Waals surface area contributed by atoms with E-state index < -0.39 is 0 Å². The first-order valence-corrected chi connectivity index (χ1v) is 9.99. The summed E-state index contributed by atoms with van der Waals surface area (Å²) in [5.41, 5.74) is 3.94. The van der Waals surface area contributed by atoms with Crippen LogP contribution in [0.4, 0.5) is 5.82 Å². The van der Waals surface area contributed by atoms with Gasteiger partial charge in [-0.1, -0.05) is 12.1 Å². The van der Waals surface area contributed by atoms with Gasteiger partial charge in [-0.05, 0) is 49.6 Å². The summed E-state index contributed by atoms with van der Waals surface area (Å²) in [4.78, 5) is 11.4. The summed E-state index contributed by atoms with van der Waals surface area (Å²) in [7, 11) is 1.69. The third-order valence-corrected chi connectivity index (χ3v) is 5.41. The fraction of sp³-hybridized carbons (Fsp3) is 0.318. The van der Waals surface area contributed by atoms with Crippen molar-refractivity contribution in [2.45, 2.75) is 26.2 Å². The molecule has 0 saturated carbocycles. The maximum atomic E-state index is 5.63. The number of methoxy groups -OCH3 is 1. The molecule has 3 aromatic heterocycles. The molecular weight excluding hydrogens is 364 g/mol. The molecular formula is C22H24N6O. The van der Waals surface area contributed by atoms with Crippen LogP contribution < -0.4 is 9.64 Å². The molecule has 4 heterocycles. The number of imidazole rings is 1. The van der Waals surface area contributed by atoms with Gasteiger partial charge in [0.15, 0.2) is 11.5 Å². The number of rotatable bonds is 5. The molecule has 29 heavy (non-hydrogen) atoms. The number of aromatic nitrogens is 5. The molecule has 0 amide bonds. The smallest absolute Gasteiger partial charge is 0.158 e. The Hall–Kier alpha value is -3.35. The van der Waals surface area contributed by atoms with Crippen LogP contribution in [0.2, 0.25) is 0 Å². The minimum Gasteiger partial charge on any atom is -0.495 e. The highest BCUT2D eigenvalue weighted by atomic mass is 16.5. The lowest BCUT2D eigenvalue weighted by Crippen LogP contribution is -2.20. The maximum Gasteiger partial charge on any atom is 0.158 e. The lowest BCUT2D eigenvalue weighted by molar-refractivity contribution is 0.412. The third kappa shape index (κ3) is 3.33. The summed E-state index contributed by atoms with van der Waals surface area (Å²) in [6.45, 7) is 4.14. The van der Waals surface area contributed by atoms with Gasteiger partial charge in [0, 0.05) is 25.7 Å². The standard InChI is InChI=1S/C22H24N6O/c1-16-14-27(15-23-16)18-9-8-17(12-19(18)29-2)13-20-24-21-6-5-7-22(28(21)25-20)26-10-3-4-11-26/h5-9,12,14-15H,3-4,10-11,13H2,1-2H3. The number of pyridine rings is 1. The van der Waals surface area contributed by atoms with E-state index in [1.165, 1.54) is 12.8 Å². The van der Waals surface area contributed by atoms with Crippen molar-refractivity contribution in [2.24, 2.45) is 0 Å². The summed E-state index contributed by atoms with van der Waals surface area (Å²) in [6.07, 6.45) is 6.92. The Labute approximate surface area is 169 Å². The lowest BCUT2D eigenvalue weighted by atomic mass is 10.1. The molecule has 5 rings (SSSR count). The van der Waals surface area contributed by atoms with Gasteiger partial charge < -0.3 is 14.2 Å². The minimum absolute atomic E-state index is 0.653. The molecule has 7 heteroatoms. The van der Waals surface area contributed by atoms with Gasteiger partial charge in [0.2, 0.25) is 0 Å². The van der Waals surface area contributed by atoms with Crippen LogP contribution in [0.1, 0.15) is 29.9 Å². The molecule has 0 bridgehead atoms. The highest BCUT2D eigenvalue weighted by Crippen LogP contribution is 2.26. The predicted molar refractivity (Wildman–Crippen MR) is 112 cm³/mol. The van der Waals surface area contributed by atoms with E-state index in [1.54, 1.807) is 13.4 Å². The molecule has 4 aromatic rings. The van der Waals surface area contributed by atoms with Gasteiger partial charge in [-0.25, -0.2) is 9.97 Å². The molecule has 0 atom stereocenters. The number of fused-ring (bicyclic) bond motifs is 1. The topological polar surface area (TPSA) is 60.5 Å². The Balaban J connectivity index is 1.45. The van der Waals surface area contributed by atoms with E-state index in [-0.39, 0.29) is 0 Å². The molecule has 148 valence electrons. The second-order valence-corrected chi connectivity index (χ2v) is 7.48. The molecule has 1 aliphatic heterocycles. The average molecular weight is 388 g/mol. The van der Waals surface area contributed by atoms with Crippen LogP contribution in [0, 0.1) is 6.92 Å². The van der Waals surface area contributed by atoms with E-state index in [2.05, 4.69) is 40.2 Å². The van der Waals surface area contributed by atoms with Crippen molar-refractivity contribution in [1.29, 1.82) is 0 Å². The normalized spacial score (nSPS) is 14.1. The summed E-state index contributed by atoms with van der Waals surface area (Å²) in [5.74, 6) is 2.74. The van der Waals surface area contributed by atoms with Gasteiger partial charge in [-0.3, -0.25) is 0 Å². The van der Waals surface area contributed by atoms with Crippen molar-refractivity contribution in [2.75, 3.05) is 25.1 Å². The first kappa shape index (κ1) is 17.7. The molecule has 0 radical (unpaired) electrons. The second-order valence-electron chi connectivity index (χ2n) is 7.48. The van der Waals surface area contributed by atoms with E-state index >= 15 is 0 Å². The van der Waals surface area contributed by atoms with Crippen LogP contribution in [0.15, 0.2) is 48.9 Å². The van der Waals surface area contributed by atoms with Crippen molar-refractivity contribution < 1.29 is 4.74 Å². The number of nitrogens with zero attached hydrogens (tertiary/aromatic N) is 6. The van der Waals surface area contributed by atoms with Crippen LogP contribution >= 0.6 is 0 Å². The number of hydrogen-bond acceptors (Lipinski definition) is 5. The van der Waals surface area contributed by atoms with E-state index in [0.29, 0.717) is 6.42 Å². The molecule has 7 nitrogen and oxygen atoms in total. The number of anilines is 1. The molecule has 0 N–H and O–H groups in total. The molecule has 0 spiro atoms. The fourth-order valence-corrected chi connectivity index (χ4v) is 3.98. The predicted octanol–water partition coefficient (Wildman–Crippen LogP) is 3.42. The van der Waals surface area contributed by atoms with E-state index in [4.69, 9.17) is 14.8 Å². The second kappa shape index (κ2) is 7.24. The zero-order chi connectivity index (χ0) is 19.8. The van der Waals surface area contributed by atoms with Crippen LogP contribution in [0.3, 0.4) is 0 Å². The number of hydrogen-bond donors (Lipinski definition) is 0. The quantitative estimate of drug-likeness (QED) is 0.524. The van der Waals surface area contributed by atoms with E-state index in [9.17, 15) is 0 Å². The first-order valence-electron chi connectivity index (χ1n) is 9.99. The largest absolute Gasteiger partial charge is 0.495 e. The highest BCUT2D eigenvalue weighted by Gasteiger charge is 2.17. The molecule has 1 aliphatic rings. The Bertz CT molecular complexity index is 1160. The monoisotopic (exact) mass is 388 g/mol. The Morgan fingerprint density at radius 3 is 2.72 bits per heavy atom. The summed E-state index contributed by atoms with van der Waals surface area (Å²) in [5, 5.41) is 4.80. The van der Waals surface area contributed by atoms with Crippen LogP contribution in [0.25, 0.3) is 11.3 Å². The average Bonchev–Trinajstić information content (AvgIpc) is 3.48. The zero-order valence-electron chi connectivity index (χ0n) is 16.7. The first-order chi connectivity index (χ1) is 14.2. The molecule has 0 unspecified atom stereocenters. The van der Waals surface area contributed by atoms with Crippen LogP contribution in [-0.2, 0) is 6.42 Å². The van der Waals surface area contributed by atoms with Crippen molar-refractivity contribution in [1.82, 2.24) is 24.1 Å². The Kier molecular flexibility index (Phi) is 4.42. The zero-order valence-corrected chi connectivity index (χ0v) is 16.7. The van der Waals surface area contributed by atoms with Gasteiger partial charge in [0.1, 0.15) is 11.6 Å². The molecule has 0 aliphatic carbocycles. The van der Waals surface area contributed by atoms with Gasteiger partial charge in [-0.2, -0.15) is 4.52 Å². The molecule has 1 saturated heterocycles. The van der Waals surface area contributed by atoms with Crippen molar-refractivity contribution in [3.8, 4) is 11.4 Å². The van der Waals surface area contributed by atoms with Crippen molar-refractivity contribution in [3.63, 3.8) is 0 Å². The minimum atomic E-state index is 0.653. The van der Waals surface area contributed by atoms with Gasteiger partial charge in [-0.15, -0.1) is 5.10 Å². The van der Waals surface area contributed by atoms with Crippen molar-refractivity contribution in [3.05, 3.63) is 66.0 Å². The fourth-order valence-electron chi connectivity index (χ4n) is 3.98. The van der Waals surface area contributed by atoms with E-state index in [1.807, 2.05) is 28.3 Å².